The number of rotatable bonds is 5. The van der Waals surface area contributed by atoms with Crippen LogP contribution in [-0.4, -0.2) is 23.2 Å². The lowest BCUT2D eigenvalue weighted by atomic mass is 9.86. The summed E-state index contributed by atoms with van der Waals surface area (Å²) >= 11 is 3.36. The summed E-state index contributed by atoms with van der Waals surface area (Å²) < 4.78 is 1.04. The van der Waals surface area contributed by atoms with Crippen molar-refractivity contribution in [1.82, 2.24) is 5.32 Å². The lowest BCUT2D eigenvalue weighted by Crippen LogP contribution is -2.36. The number of carbonyl (C=O) groups is 2. The Kier molecular flexibility index (Phi) is 6.20. The summed E-state index contributed by atoms with van der Waals surface area (Å²) in [6, 6.07) is 0. The van der Waals surface area contributed by atoms with E-state index < -0.39 is 0 Å². The third kappa shape index (κ3) is 3.66. The molecule has 0 aromatic carbocycles. The van der Waals surface area contributed by atoms with Gasteiger partial charge in [0.05, 0.1) is 0 Å². The van der Waals surface area contributed by atoms with Crippen LogP contribution in [0.5, 0.6) is 0 Å². The zero-order valence-electron chi connectivity index (χ0n) is 12.1. The van der Waals surface area contributed by atoms with Crippen LogP contribution < -0.4 is 5.32 Å². The van der Waals surface area contributed by atoms with Crippen LogP contribution in [0.1, 0.15) is 34.6 Å². The number of hydrogen-bond acceptors (Lipinski definition) is 4. The van der Waals surface area contributed by atoms with E-state index in [9.17, 15) is 9.59 Å². The molecule has 1 aliphatic heterocycles. The topological polar surface area (TPSA) is 46.2 Å². The maximum atomic E-state index is 12.2. The van der Waals surface area contributed by atoms with Crippen molar-refractivity contribution in [2.24, 2.45) is 5.92 Å². The normalized spacial score (nSPS) is 19.5. The Morgan fingerprint density at radius 1 is 1.26 bits per heavy atom. The summed E-state index contributed by atoms with van der Waals surface area (Å²) in [6.45, 7) is 9.44. The van der Waals surface area contributed by atoms with Gasteiger partial charge in [0.25, 0.3) is 5.91 Å². The van der Waals surface area contributed by atoms with Gasteiger partial charge >= 0.3 is 0 Å². The summed E-state index contributed by atoms with van der Waals surface area (Å²) in [5.41, 5.74) is 2.16. The van der Waals surface area contributed by atoms with Gasteiger partial charge in [-0.25, -0.2) is 0 Å². The first-order chi connectivity index (χ1) is 8.93. The van der Waals surface area contributed by atoms with Gasteiger partial charge in [-0.15, -0.1) is 23.5 Å². The molecule has 3 nitrogen and oxygen atoms in total. The molecule has 0 spiro atoms. The van der Waals surface area contributed by atoms with E-state index in [2.05, 4.69) is 19.2 Å². The predicted octanol–water partition coefficient (Wildman–Crippen LogP) is 3.33. The molecule has 0 saturated carbocycles. The first-order valence-electron chi connectivity index (χ1n) is 6.46. The maximum absolute atomic E-state index is 12.2. The molecule has 0 aromatic heterocycles. The number of hydrogen-bond donors (Lipinski definition) is 1. The lowest BCUT2D eigenvalue weighted by Gasteiger charge is -2.27. The molecule has 5 heteroatoms. The molecule has 0 aromatic rings. The molecule has 0 fully saturated rings. The van der Waals surface area contributed by atoms with Crippen molar-refractivity contribution in [3.8, 4) is 0 Å². The van der Waals surface area contributed by atoms with Crippen molar-refractivity contribution in [2.45, 2.75) is 34.6 Å². The van der Waals surface area contributed by atoms with Crippen LogP contribution in [-0.2, 0) is 9.59 Å². The third-order valence-corrected chi connectivity index (χ3v) is 5.21. The first kappa shape index (κ1) is 16.4. The van der Waals surface area contributed by atoms with Crippen molar-refractivity contribution in [3.63, 3.8) is 0 Å². The number of amides is 1. The minimum absolute atomic E-state index is 0.0323. The molecule has 0 aliphatic carbocycles. The fraction of sp³-hybridized carbons (Fsp3) is 0.571. The van der Waals surface area contributed by atoms with Gasteiger partial charge in [0.15, 0.2) is 5.78 Å². The highest BCUT2D eigenvalue weighted by Gasteiger charge is 2.32. The van der Waals surface area contributed by atoms with Crippen LogP contribution in [0.25, 0.3) is 0 Å². The monoisotopic (exact) mass is 299 g/mol. The largest absolute Gasteiger partial charge is 0.326 e. The number of carbonyl (C=O) groups excluding carboxylic acids is 2. The summed E-state index contributed by atoms with van der Waals surface area (Å²) in [6.07, 6.45) is 0. The fourth-order valence-electron chi connectivity index (χ4n) is 2.27. The zero-order valence-corrected chi connectivity index (χ0v) is 13.8. The van der Waals surface area contributed by atoms with E-state index in [0.29, 0.717) is 5.70 Å². The zero-order chi connectivity index (χ0) is 14.6. The average Bonchev–Trinajstić information content (AvgIpc) is 2.27. The van der Waals surface area contributed by atoms with Crippen molar-refractivity contribution in [1.29, 1.82) is 0 Å². The minimum Gasteiger partial charge on any atom is -0.326 e. The van der Waals surface area contributed by atoms with Crippen LogP contribution in [0, 0.1) is 5.92 Å². The Hall–Kier alpha value is -0.680. The molecule has 1 N–H and O–H groups in total. The highest BCUT2D eigenvalue weighted by molar-refractivity contribution is 8.22. The maximum Gasteiger partial charge on any atom is 0.253 e. The molecule has 0 bridgehead atoms. The van der Waals surface area contributed by atoms with Crippen LogP contribution in [0.4, 0.5) is 0 Å². The van der Waals surface area contributed by atoms with Gasteiger partial charge in [-0.2, -0.15) is 0 Å². The molecule has 1 heterocycles. The van der Waals surface area contributed by atoms with Crippen LogP contribution in [0.2, 0.25) is 0 Å². The second kappa shape index (κ2) is 7.20. The number of allylic oxidation sites excluding steroid dienone is 2. The van der Waals surface area contributed by atoms with Crippen molar-refractivity contribution in [2.75, 3.05) is 11.5 Å². The van der Waals surface area contributed by atoms with Gasteiger partial charge < -0.3 is 5.32 Å². The van der Waals surface area contributed by atoms with Gasteiger partial charge in [0.2, 0.25) is 0 Å². The van der Waals surface area contributed by atoms with E-state index in [1.807, 2.05) is 6.92 Å². The average molecular weight is 299 g/mol. The second-order valence-electron chi connectivity index (χ2n) is 4.34. The molecule has 19 heavy (non-hydrogen) atoms. The quantitative estimate of drug-likeness (QED) is 0.791. The van der Waals surface area contributed by atoms with Crippen molar-refractivity contribution >= 4 is 35.2 Å². The molecular formula is C14H21NO2S2. The Morgan fingerprint density at radius 2 is 1.79 bits per heavy atom. The molecule has 0 saturated heterocycles. The first-order valence-corrected chi connectivity index (χ1v) is 8.43. The summed E-state index contributed by atoms with van der Waals surface area (Å²) in [4.78, 5) is 24.0. The Balaban J connectivity index is 3.30. The second-order valence-corrected chi connectivity index (χ2v) is 7.14. The number of thioether (sulfide) groups is 2. The summed E-state index contributed by atoms with van der Waals surface area (Å²) in [5, 5.41) is 2.82. The van der Waals surface area contributed by atoms with Crippen LogP contribution in [0.3, 0.4) is 0 Å². The molecule has 1 amide bonds. The van der Waals surface area contributed by atoms with Crippen LogP contribution in [0.15, 0.2) is 21.1 Å². The Morgan fingerprint density at radius 3 is 2.21 bits per heavy atom. The Labute approximate surface area is 123 Å². The Bertz CT molecular complexity index is 444. The SMILES string of the molecule is CCSC(SCC)=C1C(=O)NC(C)=C(C(C)=O)C1C. The van der Waals surface area contributed by atoms with Gasteiger partial charge in [-0.3, -0.25) is 9.59 Å². The van der Waals surface area contributed by atoms with E-state index in [4.69, 9.17) is 0 Å². The van der Waals surface area contributed by atoms with Gasteiger partial charge in [0.1, 0.15) is 0 Å². The van der Waals surface area contributed by atoms with Crippen molar-refractivity contribution < 1.29 is 9.59 Å². The van der Waals surface area contributed by atoms with E-state index >= 15 is 0 Å². The molecule has 0 radical (unpaired) electrons. The summed E-state index contributed by atoms with van der Waals surface area (Å²) in [5.74, 6) is 1.68. The van der Waals surface area contributed by atoms with E-state index in [-0.39, 0.29) is 17.6 Å². The number of Topliss-reactive ketones (excluding diaryl/α,β-unsaturated/α-hetero) is 1. The molecule has 1 unspecified atom stereocenters. The van der Waals surface area contributed by atoms with Crippen molar-refractivity contribution in [3.05, 3.63) is 21.1 Å². The third-order valence-electron chi connectivity index (χ3n) is 2.97. The van der Waals surface area contributed by atoms with Gasteiger partial charge in [-0.1, -0.05) is 20.8 Å². The molecule has 1 rings (SSSR count). The number of nitrogens with one attached hydrogen (secondary N) is 1. The highest BCUT2D eigenvalue weighted by atomic mass is 32.2. The van der Waals surface area contributed by atoms with Gasteiger partial charge in [0, 0.05) is 27.0 Å². The molecular weight excluding hydrogens is 278 g/mol. The standard InChI is InChI=1S/C14H21NO2S2/c1-6-18-14(19-7-2)12-8(3)11(10(5)16)9(4)15-13(12)17/h8H,6-7H2,1-5H3,(H,15,17). The molecule has 1 aliphatic rings. The highest BCUT2D eigenvalue weighted by Crippen LogP contribution is 2.39. The smallest absolute Gasteiger partial charge is 0.253 e. The summed E-state index contributed by atoms with van der Waals surface area (Å²) in [7, 11) is 0. The van der Waals surface area contributed by atoms with Gasteiger partial charge in [-0.05, 0) is 25.4 Å². The minimum atomic E-state index is -0.126. The predicted molar refractivity (Wildman–Crippen MR) is 84.0 cm³/mol. The van der Waals surface area contributed by atoms with E-state index in [1.54, 1.807) is 37.4 Å². The molecule has 106 valence electrons. The number of ketones is 1. The molecule has 1 atom stereocenters. The fourth-order valence-corrected chi connectivity index (χ4v) is 4.68. The lowest BCUT2D eigenvalue weighted by molar-refractivity contribution is -0.118. The van der Waals surface area contributed by atoms with E-state index in [1.165, 1.54) is 0 Å². The van der Waals surface area contributed by atoms with Crippen LogP contribution >= 0.6 is 23.5 Å². The van der Waals surface area contributed by atoms with E-state index in [0.717, 1.165) is 26.9 Å².